The molecule has 1 heterocycles. The number of para-hydroxylation sites is 2. The van der Waals surface area contributed by atoms with Gasteiger partial charge in [0, 0.05) is 18.6 Å². The predicted molar refractivity (Wildman–Crippen MR) is 103 cm³/mol. The van der Waals surface area contributed by atoms with Crippen LogP contribution in [0, 0.1) is 0 Å². The van der Waals surface area contributed by atoms with Crippen LogP contribution in [0.2, 0.25) is 0 Å². The molecule has 0 aromatic heterocycles. The van der Waals surface area contributed by atoms with E-state index in [1.807, 2.05) is 24.3 Å². The van der Waals surface area contributed by atoms with Crippen LogP contribution in [0.15, 0.2) is 24.3 Å². The number of likely N-dealkylation sites (tertiary alicyclic amines) is 1. The Balaban J connectivity index is 1.46. The highest BCUT2D eigenvalue weighted by Gasteiger charge is 2.27. The molecular weight excluding hydrogens is 328 g/mol. The van der Waals surface area contributed by atoms with E-state index in [-0.39, 0.29) is 18.6 Å². The number of nitrogens with zero attached hydrogens (tertiary/aromatic N) is 1. The Morgan fingerprint density at radius 3 is 2.54 bits per heavy atom. The van der Waals surface area contributed by atoms with Gasteiger partial charge in [0.05, 0.1) is 7.11 Å². The Morgan fingerprint density at radius 2 is 1.81 bits per heavy atom. The number of hydrogen-bond acceptors (Lipinski definition) is 4. The van der Waals surface area contributed by atoms with Crippen LogP contribution < -0.4 is 14.8 Å². The summed E-state index contributed by atoms with van der Waals surface area (Å²) in [4.78, 5) is 14.9. The van der Waals surface area contributed by atoms with E-state index in [0.717, 1.165) is 19.4 Å². The first-order valence-electron chi connectivity index (χ1n) is 10.1. The molecule has 26 heavy (non-hydrogen) atoms. The normalized spacial score (nSPS) is 22.4. The van der Waals surface area contributed by atoms with Crippen molar-refractivity contribution in [2.75, 3.05) is 26.8 Å². The van der Waals surface area contributed by atoms with Gasteiger partial charge in [0.25, 0.3) is 5.91 Å². The molecular formula is C21H32N2O3. The average molecular weight is 360 g/mol. The first-order chi connectivity index (χ1) is 12.8. The molecule has 5 heteroatoms. The van der Waals surface area contributed by atoms with Gasteiger partial charge in [0.15, 0.2) is 18.1 Å². The lowest BCUT2D eigenvalue weighted by molar-refractivity contribution is -0.124. The summed E-state index contributed by atoms with van der Waals surface area (Å²) in [6.45, 7) is 2.18. The molecule has 0 radical (unpaired) electrons. The van der Waals surface area contributed by atoms with E-state index in [0.29, 0.717) is 17.5 Å². The van der Waals surface area contributed by atoms with Crippen LogP contribution in [0.3, 0.4) is 0 Å². The van der Waals surface area contributed by atoms with E-state index >= 15 is 0 Å². The molecule has 1 N–H and O–H groups in total. The summed E-state index contributed by atoms with van der Waals surface area (Å²) < 4.78 is 10.9. The lowest BCUT2D eigenvalue weighted by Crippen LogP contribution is -2.51. The van der Waals surface area contributed by atoms with Gasteiger partial charge < -0.3 is 14.8 Å². The molecule has 1 atom stereocenters. The van der Waals surface area contributed by atoms with Crippen molar-refractivity contribution in [1.29, 1.82) is 0 Å². The third-order valence-corrected chi connectivity index (χ3v) is 5.59. The van der Waals surface area contributed by atoms with Crippen LogP contribution in [0.5, 0.6) is 11.5 Å². The first-order valence-corrected chi connectivity index (χ1v) is 10.1. The second-order valence-corrected chi connectivity index (χ2v) is 7.49. The highest BCUT2D eigenvalue weighted by molar-refractivity contribution is 5.78. The number of piperidine rings is 1. The molecule has 5 nitrogen and oxygen atoms in total. The second-order valence-electron chi connectivity index (χ2n) is 7.49. The Hall–Kier alpha value is -1.75. The van der Waals surface area contributed by atoms with Crippen LogP contribution in [-0.4, -0.2) is 49.7 Å². The van der Waals surface area contributed by atoms with Gasteiger partial charge in [-0.2, -0.15) is 0 Å². The van der Waals surface area contributed by atoms with Crippen molar-refractivity contribution in [3.05, 3.63) is 24.3 Å². The number of ether oxygens (including phenoxy) is 2. The van der Waals surface area contributed by atoms with Crippen LogP contribution in [0.25, 0.3) is 0 Å². The SMILES string of the molecule is COc1ccccc1OCC(=O)NC1CCCN(C2CCCCCC2)C1. The van der Waals surface area contributed by atoms with Gasteiger partial charge >= 0.3 is 0 Å². The molecule has 1 saturated carbocycles. The van der Waals surface area contributed by atoms with Crippen LogP contribution in [0.4, 0.5) is 0 Å². The number of benzene rings is 1. The number of carbonyl (C=O) groups is 1. The summed E-state index contributed by atoms with van der Waals surface area (Å²) in [6, 6.07) is 8.36. The zero-order valence-corrected chi connectivity index (χ0v) is 15.9. The Morgan fingerprint density at radius 1 is 1.08 bits per heavy atom. The maximum Gasteiger partial charge on any atom is 0.258 e. The molecule has 3 rings (SSSR count). The Kier molecular flexibility index (Phi) is 7.18. The van der Waals surface area contributed by atoms with Gasteiger partial charge in [-0.3, -0.25) is 9.69 Å². The van der Waals surface area contributed by atoms with Crippen LogP contribution in [0.1, 0.15) is 51.4 Å². The van der Waals surface area contributed by atoms with Crippen molar-refractivity contribution in [3.8, 4) is 11.5 Å². The minimum atomic E-state index is -0.0522. The zero-order valence-electron chi connectivity index (χ0n) is 15.9. The van der Waals surface area contributed by atoms with Crippen molar-refractivity contribution in [1.82, 2.24) is 10.2 Å². The predicted octanol–water partition coefficient (Wildman–Crippen LogP) is 3.38. The number of methoxy groups -OCH3 is 1. The fraction of sp³-hybridized carbons (Fsp3) is 0.667. The fourth-order valence-corrected chi connectivity index (χ4v) is 4.23. The maximum absolute atomic E-state index is 12.3. The average Bonchev–Trinajstić information content (AvgIpc) is 2.96. The van der Waals surface area contributed by atoms with Gasteiger partial charge in [-0.25, -0.2) is 0 Å². The highest BCUT2D eigenvalue weighted by Crippen LogP contribution is 2.26. The fourth-order valence-electron chi connectivity index (χ4n) is 4.23. The third-order valence-electron chi connectivity index (χ3n) is 5.59. The number of carbonyl (C=O) groups excluding carboxylic acids is 1. The van der Waals surface area contributed by atoms with Crippen molar-refractivity contribution >= 4 is 5.91 Å². The molecule has 2 fully saturated rings. The molecule has 1 saturated heterocycles. The molecule has 1 aliphatic heterocycles. The summed E-state index contributed by atoms with van der Waals surface area (Å²) in [5.74, 6) is 1.20. The van der Waals surface area contributed by atoms with Gasteiger partial charge in [-0.15, -0.1) is 0 Å². The topological polar surface area (TPSA) is 50.8 Å². The molecule has 1 amide bonds. The van der Waals surface area contributed by atoms with E-state index < -0.39 is 0 Å². The van der Waals surface area contributed by atoms with E-state index in [2.05, 4.69) is 10.2 Å². The standard InChI is InChI=1S/C21H32N2O3/c1-25-19-12-6-7-13-20(19)26-16-21(24)22-17-9-8-14-23(15-17)18-10-4-2-3-5-11-18/h6-7,12-13,17-18H,2-5,8-11,14-16H2,1H3,(H,22,24). The summed E-state index contributed by atoms with van der Waals surface area (Å²) in [6.07, 6.45) is 10.3. The monoisotopic (exact) mass is 360 g/mol. The maximum atomic E-state index is 12.3. The van der Waals surface area contributed by atoms with E-state index in [9.17, 15) is 4.79 Å². The van der Waals surface area contributed by atoms with Gasteiger partial charge in [0.1, 0.15) is 0 Å². The van der Waals surface area contributed by atoms with Crippen molar-refractivity contribution in [2.24, 2.45) is 0 Å². The van der Waals surface area contributed by atoms with E-state index in [1.54, 1.807) is 7.11 Å². The minimum Gasteiger partial charge on any atom is -0.493 e. The minimum absolute atomic E-state index is 0.0281. The van der Waals surface area contributed by atoms with Gasteiger partial charge in [-0.05, 0) is 44.4 Å². The Labute approximate surface area is 157 Å². The molecule has 1 aromatic carbocycles. The molecule has 1 aromatic rings. The molecule has 2 aliphatic rings. The molecule has 0 spiro atoms. The van der Waals surface area contributed by atoms with Crippen LogP contribution >= 0.6 is 0 Å². The summed E-state index contributed by atoms with van der Waals surface area (Å²) >= 11 is 0. The second kappa shape index (κ2) is 9.81. The number of rotatable bonds is 6. The molecule has 144 valence electrons. The zero-order chi connectivity index (χ0) is 18.2. The van der Waals surface area contributed by atoms with E-state index in [1.165, 1.54) is 45.1 Å². The number of amides is 1. The largest absolute Gasteiger partial charge is 0.493 e. The van der Waals surface area contributed by atoms with Crippen molar-refractivity contribution in [3.63, 3.8) is 0 Å². The van der Waals surface area contributed by atoms with Crippen molar-refractivity contribution < 1.29 is 14.3 Å². The highest BCUT2D eigenvalue weighted by atomic mass is 16.5. The summed E-state index contributed by atoms with van der Waals surface area (Å²) in [7, 11) is 1.60. The molecule has 1 unspecified atom stereocenters. The van der Waals surface area contributed by atoms with Gasteiger partial charge in [0.2, 0.25) is 0 Å². The van der Waals surface area contributed by atoms with Crippen LogP contribution in [-0.2, 0) is 4.79 Å². The van der Waals surface area contributed by atoms with Crippen molar-refractivity contribution in [2.45, 2.75) is 63.5 Å². The quantitative estimate of drug-likeness (QED) is 0.790. The molecule has 0 bridgehead atoms. The first kappa shape index (κ1) is 19.0. The van der Waals surface area contributed by atoms with Gasteiger partial charge in [-0.1, -0.05) is 37.8 Å². The Bertz CT molecular complexity index is 570. The summed E-state index contributed by atoms with van der Waals surface area (Å²) in [5, 5.41) is 3.16. The molecule has 1 aliphatic carbocycles. The number of hydrogen-bond donors (Lipinski definition) is 1. The third kappa shape index (κ3) is 5.37. The van der Waals surface area contributed by atoms with E-state index in [4.69, 9.17) is 9.47 Å². The smallest absolute Gasteiger partial charge is 0.258 e. The number of nitrogens with one attached hydrogen (secondary N) is 1. The lowest BCUT2D eigenvalue weighted by Gasteiger charge is -2.38. The lowest BCUT2D eigenvalue weighted by atomic mass is 10.00. The summed E-state index contributed by atoms with van der Waals surface area (Å²) in [5.41, 5.74) is 0.